The summed E-state index contributed by atoms with van der Waals surface area (Å²) in [6.07, 6.45) is 0. The number of pyridine rings is 1. The van der Waals surface area contributed by atoms with Crippen molar-refractivity contribution in [3.05, 3.63) is 39.3 Å². The lowest BCUT2D eigenvalue weighted by molar-refractivity contribution is 0.0600. The molecule has 0 fully saturated rings. The van der Waals surface area contributed by atoms with Gasteiger partial charge in [-0.05, 0) is 17.5 Å². The number of methoxy groups -OCH3 is 1. The molecule has 6 heteroatoms. The molecule has 0 aromatic carbocycles. The number of hydrogen-bond donors (Lipinski definition) is 1. The minimum absolute atomic E-state index is 0.136. The maximum atomic E-state index is 11.6. The van der Waals surface area contributed by atoms with E-state index in [1.54, 1.807) is 6.07 Å². The monoisotopic (exact) mass is 276 g/mol. The summed E-state index contributed by atoms with van der Waals surface area (Å²) in [5, 5.41) is 10.9. The third kappa shape index (κ3) is 2.18. The molecule has 4 nitrogen and oxygen atoms in total. The maximum Gasteiger partial charge on any atom is 0.339 e. The Kier molecular flexibility index (Phi) is 3.55. The van der Waals surface area contributed by atoms with Gasteiger partial charge in [-0.2, -0.15) is 5.26 Å². The van der Waals surface area contributed by atoms with E-state index in [2.05, 4.69) is 9.72 Å². The molecule has 0 amide bonds. The van der Waals surface area contributed by atoms with E-state index in [1.807, 2.05) is 23.6 Å². The van der Waals surface area contributed by atoms with Crippen LogP contribution in [0.5, 0.6) is 0 Å². The molecule has 0 radical (unpaired) electrons. The lowest BCUT2D eigenvalue weighted by atomic mass is 10.1. The van der Waals surface area contributed by atoms with Gasteiger partial charge in [0, 0.05) is 0 Å². The van der Waals surface area contributed by atoms with Crippen molar-refractivity contribution in [1.29, 1.82) is 5.26 Å². The molecule has 0 atom stereocenters. The Morgan fingerprint density at radius 2 is 2.39 bits per heavy atom. The van der Waals surface area contributed by atoms with Crippen molar-refractivity contribution in [2.75, 3.05) is 7.11 Å². The van der Waals surface area contributed by atoms with Crippen LogP contribution < -0.4 is 0 Å². The summed E-state index contributed by atoms with van der Waals surface area (Å²) in [6, 6.07) is 7.30. The lowest BCUT2D eigenvalue weighted by Gasteiger charge is -2.05. The van der Waals surface area contributed by atoms with Crippen LogP contribution >= 0.6 is 23.6 Å². The predicted molar refractivity (Wildman–Crippen MR) is 71.0 cm³/mol. The first-order chi connectivity index (χ1) is 8.67. The van der Waals surface area contributed by atoms with Crippen molar-refractivity contribution in [2.45, 2.75) is 0 Å². The summed E-state index contributed by atoms with van der Waals surface area (Å²) in [4.78, 5) is 15.5. The Bertz CT molecular complexity index is 681. The molecule has 0 spiro atoms. The minimum atomic E-state index is -0.565. The van der Waals surface area contributed by atoms with Gasteiger partial charge in [0.15, 0.2) is 0 Å². The zero-order valence-corrected chi connectivity index (χ0v) is 11.0. The van der Waals surface area contributed by atoms with E-state index >= 15 is 0 Å². The predicted octanol–water partition coefficient (Wildman–Crippen LogP) is 3.13. The number of rotatable bonds is 2. The summed E-state index contributed by atoms with van der Waals surface area (Å²) < 4.78 is 4.90. The highest BCUT2D eigenvalue weighted by Crippen LogP contribution is 2.25. The molecule has 0 unspecified atom stereocenters. The fourth-order valence-electron chi connectivity index (χ4n) is 1.51. The quantitative estimate of drug-likeness (QED) is 0.676. The number of thiophene rings is 1. The topological polar surface area (TPSA) is 65.9 Å². The third-order valence-corrected chi connectivity index (χ3v) is 3.55. The molecule has 18 heavy (non-hydrogen) atoms. The van der Waals surface area contributed by atoms with Crippen LogP contribution in [0.3, 0.4) is 0 Å². The number of aromatic nitrogens is 1. The van der Waals surface area contributed by atoms with E-state index in [4.69, 9.17) is 17.5 Å². The van der Waals surface area contributed by atoms with Crippen LogP contribution in [0, 0.1) is 16.0 Å². The number of nitriles is 1. The van der Waals surface area contributed by atoms with Gasteiger partial charge in [-0.3, -0.25) is 0 Å². The molecule has 0 saturated heterocycles. The molecule has 2 rings (SSSR count). The van der Waals surface area contributed by atoms with Gasteiger partial charge < -0.3 is 9.72 Å². The van der Waals surface area contributed by atoms with Crippen molar-refractivity contribution in [3.63, 3.8) is 0 Å². The van der Waals surface area contributed by atoms with Gasteiger partial charge in [0.05, 0.1) is 23.2 Å². The van der Waals surface area contributed by atoms with Crippen LogP contribution in [0.15, 0.2) is 23.6 Å². The maximum absolute atomic E-state index is 11.6. The Morgan fingerprint density at radius 3 is 2.94 bits per heavy atom. The van der Waals surface area contributed by atoms with Gasteiger partial charge in [0.1, 0.15) is 16.3 Å². The Balaban J connectivity index is 2.68. The number of carbonyl (C=O) groups is 1. The Hall–Kier alpha value is -1.97. The number of aromatic amines is 1. The van der Waals surface area contributed by atoms with Crippen molar-refractivity contribution in [3.8, 4) is 16.6 Å². The molecule has 0 aliphatic rings. The summed E-state index contributed by atoms with van der Waals surface area (Å²) in [7, 11) is 1.27. The molecular weight excluding hydrogens is 268 g/mol. The zero-order chi connectivity index (χ0) is 13.1. The highest BCUT2D eigenvalue weighted by atomic mass is 32.1. The first-order valence-corrected chi connectivity index (χ1v) is 6.25. The number of hydrogen-bond acceptors (Lipinski definition) is 5. The minimum Gasteiger partial charge on any atom is -0.465 e. The van der Waals surface area contributed by atoms with E-state index in [-0.39, 0.29) is 15.8 Å². The molecule has 0 saturated carbocycles. The molecule has 2 heterocycles. The summed E-state index contributed by atoms with van der Waals surface area (Å²) >= 11 is 6.60. The molecule has 90 valence electrons. The van der Waals surface area contributed by atoms with E-state index < -0.39 is 5.97 Å². The number of nitrogens with one attached hydrogen (secondary N) is 1. The van der Waals surface area contributed by atoms with Crippen molar-refractivity contribution in [1.82, 2.24) is 4.98 Å². The molecule has 2 aromatic heterocycles. The average molecular weight is 276 g/mol. The fourth-order valence-corrected chi connectivity index (χ4v) is 2.47. The van der Waals surface area contributed by atoms with Crippen LogP contribution in [0.25, 0.3) is 10.6 Å². The van der Waals surface area contributed by atoms with Crippen molar-refractivity contribution in [2.24, 2.45) is 0 Å². The highest BCUT2D eigenvalue weighted by Gasteiger charge is 2.15. The van der Waals surface area contributed by atoms with Crippen LogP contribution in [-0.4, -0.2) is 18.1 Å². The largest absolute Gasteiger partial charge is 0.465 e. The summed E-state index contributed by atoms with van der Waals surface area (Å²) in [5.41, 5.74) is 1.03. The third-order valence-electron chi connectivity index (χ3n) is 2.34. The molecule has 0 aliphatic heterocycles. The van der Waals surface area contributed by atoms with Gasteiger partial charge in [-0.1, -0.05) is 18.3 Å². The number of carbonyl (C=O) groups excluding carboxylic acids is 1. The summed E-state index contributed by atoms with van der Waals surface area (Å²) in [6.45, 7) is 0. The average Bonchev–Trinajstić information content (AvgIpc) is 2.90. The number of H-pyrrole nitrogens is 1. The second-order valence-corrected chi connectivity index (χ2v) is 4.74. The lowest BCUT2D eigenvalue weighted by Crippen LogP contribution is -2.06. The first-order valence-electron chi connectivity index (χ1n) is 4.97. The SMILES string of the molecule is COC(=O)c1cc(-c2cccs2)[nH]c(=S)c1C#N. The first kappa shape index (κ1) is 12.5. The van der Waals surface area contributed by atoms with Gasteiger partial charge in [-0.15, -0.1) is 11.3 Å². The van der Waals surface area contributed by atoms with Crippen LogP contribution in [0.4, 0.5) is 0 Å². The highest BCUT2D eigenvalue weighted by molar-refractivity contribution is 7.71. The molecule has 2 aromatic rings. The van der Waals surface area contributed by atoms with Gasteiger partial charge in [0.25, 0.3) is 0 Å². The normalized spacial score (nSPS) is 9.78. The van der Waals surface area contributed by atoms with Gasteiger partial charge in [0.2, 0.25) is 0 Å². The smallest absolute Gasteiger partial charge is 0.339 e. The van der Waals surface area contributed by atoms with Crippen molar-refractivity contribution >= 4 is 29.5 Å². The number of nitrogens with zero attached hydrogens (tertiary/aromatic N) is 1. The molecule has 1 N–H and O–H groups in total. The van der Waals surface area contributed by atoms with Gasteiger partial charge in [-0.25, -0.2) is 4.79 Å². The Labute approximate surface area is 112 Å². The molecule has 0 bridgehead atoms. The number of ether oxygens (including phenoxy) is 1. The van der Waals surface area contributed by atoms with E-state index in [1.165, 1.54) is 18.4 Å². The van der Waals surface area contributed by atoms with Crippen molar-refractivity contribution < 1.29 is 9.53 Å². The van der Waals surface area contributed by atoms with E-state index in [0.29, 0.717) is 5.69 Å². The Morgan fingerprint density at radius 1 is 1.61 bits per heavy atom. The zero-order valence-electron chi connectivity index (χ0n) is 9.39. The summed E-state index contributed by atoms with van der Waals surface area (Å²) in [5.74, 6) is -0.565. The van der Waals surface area contributed by atoms with E-state index in [0.717, 1.165) is 4.88 Å². The second kappa shape index (κ2) is 5.12. The number of esters is 1. The van der Waals surface area contributed by atoms with Crippen LogP contribution in [0.2, 0.25) is 0 Å². The molecular formula is C12H8N2O2S2. The van der Waals surface area contributed by atoms with Crippen LogP contribution in [0.1, 0.15) is 15.9 Å². The van der Waals surface area contributed by atoms with Gasteiger partial charge >= 0.3 is 5.97 Å². The fraction of sp³-hybridized carbons (Fsp3) is 0.0833. The standard InChI is InChI=1S/C12H8N2O2S2/c1-16-12(15)7-5-9(10-3-2-4-18-10)14-11(17)8(7)6-13/h2-5H,1H3,(H,14,17). The molecule has 0 aliphatic carbocycles. The van der Waals surface area contributed by atoms with Crippen LogP contribution in [-0.2, 0) is 4.74 Å². The second-order valence-electron chi connectivity index (χ2n) is 3.38. The van der Waals surface area contributed by atoms with E-state index in [9.17, 15) is 4.79 Å².